The molecule has 0 aliphatic heterocycles. The van der Waals surface area contributed by atoms with Crippen molar-refractivity contribution in [2.45, 2.75) is 56.3 Å². The summed E-state index contributed by atoms with van der Waals surface area (Å²) in [6, 6.07) is 5.07. The lowest BCUT2D eigenvalue weighted by molar-refractivity contribution is 0.462. The fourth-order valence-corrected chi connectivity index (χ4v) is 3.52. The molecule has 1 N–H and O–H groups in total. The van der Waals surface area contributed by atoms with Crippen LogP contribution in [0, 0.1) is 0 Å². The summed E-state index contributed by atoms with van der Waals surface area (Å²) < 4.78 is 31.6. The normalized spacial score (nSPS) is 23.7. The van der Waals surface area contributed by atoms with Gasteiger partial charge in [-0.3, -0.25) is 4.55 Å². The van der Waals surface area contributed by atoms with Gasteiger partial charge in [-0.25, -0.2) is 0 Å². The van der Waals surface area contributed by atoms with E-state index >= 15 is 0 Å². The number of fused-ring (bicyclic) bond motifs is 1. The topological polar surface area (TPSA) is 54.4 Å². The summed E-state index contributed by atoms with van der Waals surface area (Å²) >= 11 is 0. The molecule has 100 valence electrons. The van der Waals surface area contributed by atoms with E-state index in [1.807, 2.05) is 6.07 Å². The molecule has 0 spiro atoms. The molecule has 3 nitrogen and oxygen atoms in total. The first-order valence-electron chi connectivity index (χ1n) is 6.58. The molecular formula is C14H20O3S. The Morgan fingerprint density at radius 1 is 1.11 bits per heavy atom. The van der Waals surface area contributed by atoms with Crippen molar-refractivity contribution in [1.82, 2.24) is 0 Å². The number of rotatable bonds is 3. The zero-order chi connectivity index (χ0) is 13.3. The van der Waals surface area contributed by atoms with Crippen LogP contribution in [0.5, 0.6) is 0 Å². The average molecular weight is 268 g/mol. The molecule has 1 aromatic carbocycles. The highest BCUT2D eigenvalue weighted by Crippen LogP contribution is 2.42. The SMILES string of the molecule is CCC1CCC(CC)c2cc(S(=O)(=O)O)ccc21. The van der Waals surface area contributed by atoms with Crippen molar-refractivity contribution in [2.75, 3.05) is 0 Å². The van der Waals surface area contributed by atoms with E-state index in [9.17, 15) is 8.42 Å². The summed E-state index contributed by atoms with van der Waals surface area (Å²) in [5.41, 5.74) is 2.38. The number of benzene rings is 1. The lowest BCUT2D eigenvalue weighted by Crippen LogP contribution is -2.15. The van der Waals surface area contributed by atoms with E-state index in [4.69, 9.17) is 4.55 Å². The summed E-state index contributed by atoms with van der Waals surface area (Å²) in [4.78, 5) is 0.0245. The maximum absolute atomic E-state index is 11.2. The van der Waals surface area contributed by atoms with Crippen molar-refractivity contribution in [2.24, 2.45) is 0 Å². The number of hydrogen-bond donors (Lipinski definition) is 1. The van der Waals surface area contributed by atoms with Crippen molar-refractivity contribution >= 4 is 10.1 Å². The maximum Gasteiger partial charge on any atom is 0.294 e. The molecule has 2 rings (SSSR count). The van der Waals surface area contributed by atoms with Gasteiger partial charge in [-0.2, -0.15) is 8.42 Å². The fraction of sp³-hybridized carbons (Fsp3) is 0.571. The first kappa shape index (κ1) is 13.6. The lowest BCUT2D eigenvalue weighted by atomic mass is 9.75. The Hall–Kier alpha value is -0.870. The Bertz CT molecular complexity index is 534. The first-order chi connectivity index (χ1) is 8.47. The van der Waals surface area contributed by atoms with E-state index in [1.165, 1.54) is 18.1 Å². The van der Waals surface area contributed by atoms with Crippen LogP contribution >= 0.6 is 0 Å². The van der Waals surface area contributed by atoms with Crippen LogP contribution in [0.1, 0.15) is 62.5 Å². The van der Waals surface area contributed by atoms with Gasteiger partial charge in [0.2, 0.25) is 0 Å². The first-order valence-corrected chi connectivity index (χ1v) is 8.02. The summed E-state index contributed by atoms with van der Waals surface area (Å²) in [6.45, 7) is 4.29. The van der Waals surface area contributed by atoms with Crippen LogP contribution in [0.4, 0.5) is 0 Å². The van der Waals surface area contributed by atoms with Gasteiger partial charge in [-0.15, -0.1) is 0 Å². The summed E-state index contributed by atoms with van der Waals surface area (Å²) in [6.07, 6.45) is 4.37. The Balaban J connectivity index is 2.54. The summed E-state index contributed by atoms with van der Waals surface area (Å²) in [5.74, 6) is 0.947. The van der Waals surface area contributed by atoms with Gasteiger partial charge in [-0.1, -0.05) is 19.9 Å². The Morgan fingerprint density at radius 2 is 1.67 bits per heavy atom. The summed E-state index contributed by atoms with van der Waals surface area (Å²) in [7, 11) is -4.09. The largest absolute Gasteiger partial charge is 0.294 e. The lowest BCUT2D eigenvalue weighted by Gasteiger charge is -2.31. The van der Waals surface area contributed by atoms with Gasteiger partial charge in [0.25, 0.3) is 10.1 Å². The molecule has 0 bridgehead atoms. The van der Waals surface area contributed by atoms with E-state index in [2.05, 4.69) is 13.8 Å². The minimum Gasteiger partial charge on any atom is -0.282 e. The maximum atomic E-state index is 11.2. The van der Waals surface area contributed by atoms with Gasteiger partial charge in [-0.05, 0) is 60.8 Å². The van der Waals surface area contributed by atoms with Gasteiger partial charge >= 0.3 is 0 Å². The van der Waals surface area contributed by atoms with Crippen LogP contribution in [0.2, 0.25) is 0 Å². The second-order valence-corrected chi connectivity index (χ2v) is 6.48. The van der Waals surface area contributed by atoms with Gasteiger partial charge in [0.1, 0.15) is 0 Å². The van der Waals surface area contributed by atoms with Gasteiger partial charge < -0.3 is 0 Å². The average Bonchev–Trinajstić information content (AvgIpc) is 2.35. The van der Waals surface area contributed by atoms with Crippen LogP contribution in [-0.2, 0) is 10.1 Å². The van der Waals surface area contributed by atoms with Crippen molar-refractivity contribution in [3.63, 3.8) is 0 Å². The van der Waals surface area contributed by atoms with E-state index in [0.717, 1.165) is 24.8 Å². The Labute approximate surface area is 109 Å². The van der Waals surface area contributed by atoms with E-state index in [0.29, 0.717) is 11.8 Å². The highest BCUT2D eigenvalue weighted by Gasteiger charge is 2.26. The Kier molecular flexibility index (Phi) is 3.78. The van der Waals surface area contributed by atoms with Crippen LogP contribution in [0.3, 0.4) is 0 Å². The van der Waals surface area contributed by atoms with E-state index in [-0.39, 0.29) is 4.90 Å². The minimum atomic E-state index is -4.09. The van der Waals surface area contributed by atoms with Crippen LogP contribution in [0.15, 0.2) is 23.1 Å². The molecule has 0 fully saturated rings. The molecule has 2 unspecified atom stereocenters. The zero-order valence-electron chi connectivity index (χ0n) is 10.9. The van der Waals surface area contributed by atoms with Gasteiger partial charge in [0.15, 0.2) is 0 Å². The molecule has 0 heterocycles. The zero-order valence-corrected chi connectivity index (χ0v) is 11.7. The van der Waals surface area contributed by atoms with Crippen LogP contribution in [0.25, 0.3) is 0 Å². The third-order valence-corrected chi connectivity index (χ3v) is 4.93. The highest BCUT2D eigenvalue weighted by molar-refractivity contribution is 7.85. The molecule has 1 aliphatic carbocycles. The van der Waals surface area contributed by atoms with E-state index < -0.39 is 10.1 Å². The smallest absolute Gasteiger partial charge is 0.282 e. The predicted octanol–water partition coefficient (Wildman–Crippen LogP) is 3.71. The molecule has 0 amide bonds. The van der Waals surface area contributed by atoms with Crippen LogP contribution in [-0.4, -0.2) is 13.0 Å². The Morgan fingerprint density at radius 3 is 2.17 bits per heavy atom. The predicted molar refractivity (Wildman–Crippen MR) is 71.6 cm³/mol. The monoisotopic (exact) mass is 268 g/mol. The van der Waals surface area contributed by atoms with Crippen molar-refractivity contribution in [1.29, 1.82) is 0 Å². The molecule has 18 heavy (non-hydrogen) atoms. The molecule has 1 aromatic rings. The molecular weight excluding hydrogens is 248 g/mol. The van der Waals surface area contributed by atoms with Crippen molar-refractivity contribution < 1.29 is 13.0 Å². The van der Waals surface area contributed by atoms with Crippen molar-refractivity contribution in [3.05, 3.63) is 29.3 Å². The molecule has 4 heteroatoms. The third kappa shape index (κ3) is 2.45. The molecule has 1 aliphatic rings. The second-order valence-electron chi connectivity index (χ2n) is 5.05. The summed E-state index contributed by atoms with van der Waals surface area (Å²) in [5, 5.41) is 0. The minimum absolute atomic E-state index is 0.0245. The highest BCUT2D eigenvalue weighted by atomic mass is 32.2. The van der Waals surface area contributed by atoms with Gasteiger partial charge in [0.05, 0.1) is 4.90 Å². The third-order valence-electron chi connectivity index (χ3n) is 4.08. The van der Waals surface area contributed by atoms with Gasteiger partial charge in [0, 0.05) is 0 Å². The molecule has 0 aromatic heterocycles. The molecule has 0 saturated carbocycles. The van der Waals surface area contributed by atoms with E-state index in [1.54, 1.807) is 6.07 Å². The van der Waals surface area contributed by atoms with Crippen molar-refractivity contribution in [3.8, 4) is 0 Å². The molecule has 2 atom stereocenters. The fourth-order valence-electron chi connectivity index (χ4n) is 3.00. The second kappa shape index (κ2) is 5.02. The molecule has 0 radical (unpaired) electrons. The quantitative estimate of drug-likeness (QED) is 0.850. The standard InChI is InChI=1S/C14H20O3S/c1-3-10-5-6-11(4-2)14-9-12(18(15,16)17)7-8-13(10)14/h7-11H,3-6H2,1-2H3,(H,15,16,17). The number of hydrogen-bond acceptors (Lipinski definition) is 2. The molecule has 0 saturated heterocycles. The van der Waals surface area contributed by atoms with Crippen LogP contribution < -0.4 is 0 Å².